The first-order chi connectivity index (χ1) is 6.89. The van der Waals surface area contributed by atoms with Crippen molar-refractivity contribution < 1.29 is 13.2 Å². The van der Waals surface area contributed by atoms with Gasteiger partial charge in [-0.2, -0.15) is 13.2 Å². The van der Waals surface area contributed by atoms with Crippen molar-refractivity contribution in [1.82, 2.24) is 0 Å². The van der Waals surface area contributed by atoms with Crippen LogP contribution < -0.4 is 0 Å². The first-order valence-electron chi connectivity index (χ1n) is 5.64. The highest BCUT2D eigenvalue weighted by Crippen LogP contribution is 2.39. The zero-order chi connectivity index (χ0) is 11.5. The molecule has 1 aliphatic rings. The molecule has 3 heteroatoms. The van der Waals surface area contributed by atoms with E-state index < -0.39 is 12.1 Å². The van der Waals surface area contributed by atoms with Crippen molar-refractivity contribution in [2.24, 2.45) is 17.8 Å². The Kier molecular flexibility index (Phi) is 4.23. The highest BCUT2D eigenvalue weighted by molar-refractivity contribution is 4.93. The van der Waals surface area contributed by atoms with Crippen LogP contribution in [0, 0.1) is 17.8 Å². The Balaban J connectivity index is 2.36. The summed E-state index contributed by atoms with van der Waals surface area (Å²) < 4.78 is 37.1. The average molecular weight is 220 g/mol. The third-order valence-corrected chi connectivity index (χ3v) is 3.00. The lowest BCUT2D eigenvalue weighted by Crippen LogP contribution is -2.27. The first-order valence-corrected chi connectivity index (χ1v) is 5.64. The molecule has 0 aromatic heterocycles. The Hall–Kier alpha value is -0.470. The van der Waals surface area contributed by atoms with Crippen molar-refractivity contribution >= 4 is 0 Å². The molecule has 0 amide bonds. The van der Waals surface area contributed by atoms with Crippen LogP contribution in [0.1, 0.15) is 39.5 Å². The molecule has 0 aromatic rings. The van der Waals surface area contributed by atoms with Crippen LogP contribution >= 0.6 is 0 Å². The molecule has 1 aliphatic carbocycles. The predicted molar refractivity (Wildman–Crippen MR) is 55.5 cm³/mol. The van der Waals surface area contributed by atoms with Gasteiger partial charge < -0.3 is 0 Å². The van der Waals surface area contributed by atoms with Gasteiger partial charge in [-0.25, -0.2) is 0 Å². The van der Waals surface area contributed by atoms with Gasteiger partial charge in [0, 0.05) is 0 Å². The molecule has 0 nitrogen and oxygen atoms in total. The molecule has 88 valence electrons. The van der Waals surface area contributed by atoms with E-state index in [1.54, 1.807) is 0 Å². The van der Waals surface area contributed by atoms with Crippen LogP contribution in [-0.2, 0) is 0 Å². The largest absolute Gasteiger partial charge is 0.391 e. The standard InChI is InChI=1S/C12H19F3/c1-9(2)3-4-10-5-7-11(8-6-10)12(13,14)15/h3-4,9-11H,5-8H2,1-2H3/b4-3+. The zero-order valence-electron chi connectivity index (χ0n) is 9.35. The summed E-state index contributed by atoms with van der Waals surface area (Å²) in [4.78, 5) is 0. The van der Waals surface area contributed by atoms with E-state index in [-0.39, 0.29) is 0 Å². The summed E-state index contributed by atoms with van der Waals surface area (Å²) in [6.07, 6.45) is 2.19. The van der Waals surface area contributed by atoms with Gasteiger partial charge in [0.2, 0.25) is 0 Å². The summed E-state index contributed by atoms with van der Waals surface area (Å²) in [6, 6.07) is 0. The lowest BCUT2D eigenvalue weighted by atomic mass is 9.81. The molecule has 0 aliphatic heterocycles. The molecule has 15 heavy (non-hydrogen) atoms. The van der Waals surface area contributed by atoms with Crippen molar-refractivity contribution in [3.8, 4) is 0 Å². The van der Waals surface area contributed by atoms with Crippen LogP contribution in [0.5, 0.6) is 0 Å². The minimum absolute atomic E-state index is 0.302. The zero-order valence-corrected chi connectivity index (χ0v) is 9.35. The van der Waals surface area contributed by atoms with Gasteiger partial charge in [0.05, 0.1) is 5.92 Å². The average Bonchev–Trinajstić information content (AvgIpc) is 2.14. The molecule has 1 saturated carbocycles. The van der Waals surface area contributed by atoms with E-state index in [2.05, 4.69) is 26.0 Å². The molecule has 0 spiro atoms. The van der Waals surface area contributed by atoms with Gasteiger partial charge in [0.1, 0.15) is 0 Å². The number of rotatable bonds is 2. The van der Waals surface area contributed by atoms with E-state index in [0.29, 0.717) is 37.5 Å². The van der Waals surface area contributed by atoms with E-state index in [4.69, 9.17) is 0 Å². The molecule has 0 unspecified atom stereocenters. The number of hydrogen-bond acceptors (Lipinski definition) is 0. The SMILES string of the molecule is CC(C)/C=C/C1CCC(C(F)(F)F)CC1. The van der Waals surface area contributed by atoms with Gasteiger partial charge in [-0.05, 0) is 37.5 Å². The van der Waals surface area contributed by atoms with E-state index in [1.165, 1.54) is 0 Å². The smallest absolute Gasteiger partial charge is 0.171 e. The van der Waals surface area contributed by atoms with E-state index in [9.17, 15) is 13.2 Å². The fourth-order valence-corrected chi connectivity index (χ4v) is 2.02. The lowest BCUT2D eigenvalue weighted by molar-refractivity contribution is -0.183. The summed E-state index contributed by atoms with van der Waals surface area (Å²) in [5.74, 6) is -0.197. The number of hydrogen-bond donors (Lipinski definition) is 0. The summed E-state index contributed by atoms with van der Waals surface area (Å²) in [7, 11) is 0. The monoisotopic (exact) mass is 220 g/mol. The Morgan fingerprint density at radius 2 is 1.60 bits per heavy atom. The van der Waals surface area contributed by atoms with Crippen molar-refractivity contribution in [3.05, 3.63) is 12.2 Å². The van der Waals surface area contributed by atoms with Crippen molar-refractivity contribution in [3.63, 3.8) is 0 Å². The van der Waals surface area contributed by atoms with Crippen molar-refractivity contribution in [2.45, 2.75) is 45.7 Å². The van der Waals surface area contributed by atoms with E-state index in [1.807, 2.05) is 0 Å². The fraction of sp³-hybridized carbons (Fsp3) is 0.833. The Morgan fingerprint density at radius 3 is 2.00 bits per heavy atom. The highest BCUT2D eigenvalue weighted by Gasteiger charge is 2.40. The maximum atomic E-state index is 12.4. The Bertz CT molecular complexity index is 207. The van der Waals surface area contributed by atoms with Crippen LogP contribution in [-0.4, -0.2) is 6.18 Å². The lowest BCUT2D eigenvalue weighted by Gasteiger charge is -2.28. The van der Waals surface area contributed by atoms with Crippen molar-refractivity contribution in [2.75, 3.05) is 0 Å². The summed E-state index contributed by atoms with van der Waals surface area (Å²) in [5.41, 5.74) is 0. The van der Waals surface area contributed by atoms with Gasteiger partial charge in [-0.1, -0.05) is 26.0 Å². The third kappa shape index (κ3) is 4.27. The van der Waals surface area contributed by atoms with Crippen LogP contribution in [0.25, 0.3) is 0 Å². The van der Waals surface area contributed by atoms with Crippen LogP contribution in [0.4, 0.5) is 13.2 Å². The van der Waals surface area contributed by atoms with Gasteiger partial charge in [-0.3, -0.25) is 0 Å². The molecule has 0 heterocycles. The van der Waals surface area contributed by atoms with Crippen LogP contribution in [0.15, 0.2) is 12.2 Å². The normalized spacial score (nSPS) is 28.9. The topological polar surface area (TPSA) is 0 Å². The van der Waals surface area contributed by atoms with Crippen LogP contribution in [0.3, 0.4) is 0 Å². The Labute approximate surface area is 89.6 Å². The second kappa shape index (κ2) is 5.04. The van der Waals surface area contributed by atoms with Gasteiger partial charge in [0.15, 0.2) is 0 Å². The molecule has 0 aromatic carbocycles. The summed E-state index contributed by atoms with van der Waals surface area (Å²) >= 11 is 0. The quantitative estimate of drug-likeness (QED) is 0.598. The fourth-order valence-electron chi connectivity index (χ4n) is 2.02. The second-order valence-corrected chi connectivity index (χ2v) is 4.78. The first kappa shape index (κ1) is 12.6. The maximum absolute atomic E-state index is 12.4. The molecule has 0 saturated heterocycles. The maximum Gasteiger partial charge on any atom is 0.391 e. The predicted octanol–water partition coefficient (Wildman–Crippen LogP) is 4.57. The molecular formula is C12H19F3. The summed E-state index contributed by atoms with van der Waals surface area (Å²) in [5, 5.41) is 0. The minimum atomic E-state index is -3.98. The molecule has 0 N–H and O–H groups in total. The van der Waals surface area contributed by atoms with E-state index >= 15 is 0 Å². The van der Waals surface area contributed by atoms with Gasteiger partial charge >= 0.3 is 6.18 Å². The molecule has 1 rings (SSSR count). The molecular weight excluding hydrogens is 201 g/mol. The molecule has 0 bridgehead atoms. The molecule has 0 radical (unpaired) electrons. The second-order valence-electron chi connectivity index (χ2n) is 4.78. The third-order valence-electron chi connectivity index (χ3n) is 3.00. The van der Waals surface area contributed by atoms with Crippen molar-refractivity contribution in [1.29, 1.82) is 0 Å². The molecule has 1 fully saturated rings. The number of allylic oxidation sites excluding steroid dienone is 2. The van der Waals surface area contributed by atoms with E-state index in [0.717, 1.165) is 0 Å². The number of alkyl halides is 3. The van der Waals surface area contributed by atoms with Gasteiger partial charge in [-0.15, -0.1) is 0 Å². The summed E-state index contributed by atoms with van der Waals surface area (Å²) in [6.45, 7) is 4.16. The number of halogens is 3. The Morgan fingerprint density at radius 1 is 1.07 bits per heavy atom. The highest BCUT2D eigenvalue weighted by atomic mass is 19.4. The molecule has 0 atom stereocenters. The minimum Gasteiger partial charge on any atom is -0.171 e. The van der Waals surface area contributed by atoms with Gasteiger partial charge in [0.25, 0.3) is 0 Å². The van der Waals surface area contributed by atoms with Crippen LogP contribution in [0.2, 0.25) is 0 Å².